The SMILES string of the molecule is COc1c(C(=O)N2CCC(N3CC(CC#N)(n4cc(-c5ncnc6[nH]ccc56)cn4)C3)CC2)csc1Cl. The summed E-state index contributed by atoms with van der Waals surface area (Å²) in [5.74, 6) is 0.423. The number of carbonyl (C=O) groups is 1. The second kappa shape index (κ2) is 9.45. The Labute approximate surface area is 222 Å². The standard InChI is InChI=1S/C25H25ClN8O2S/c1-36-21-19(12-37-22(21)26)24(35)32-8-3-17(4-9-32)33-13-25(14-33,5-6-27)34-11-16(10-31-34)20-18-2-7-28-23(18)30-15-29-20/h2,7,10-12,15,17H,3-5,8-9,13-14H2,1H3,(H,28,29,30). The molecule has 4 aromatic heterocycles. The molecular weight excluding hydrogens is 512 g/mol. The van der Waals surface area contributed by atoms with Gasteiger partial charge in [-0.05, 0) is 18.9 Å². The van der Waals surface area contributed by atoms with Gasteiger partial charge in [0, 0.05) is 60.9 Å². The molecule has 0 spiro atoms. The smallest absolute Gasteiger partial charge is 0.258 e. The summed E-state index contributed by atoms with van der Waals surface area (Å²) >= 11 is 7.47. The van der Waals surface area contributed by atoms with Crippen LogP contribution in [0.15, 0.2) is 36.4 Å². The summed E-state index contributed by atoms with van der Waals surface area (Å²) in [6, 6.07) is 4.69. The van der Waals surface area contributed by atoms with E-state index in [0.29, 0.717) is 41.2 Å². The molecule has 0 saturated carbocycles. The number of nitriles is 1. The maximum atomic E-state index is 13.0. The molecule has 2 aliphatic heterocycles. The van der Waals surface area contributed by atoms with Crippen molar-refractivity contribution < 1.29 is 9.53 Å². The molecular formula is C25H25ClN8O2S. The highest BCUT2D eigenvalue weighted by Crippen LogP contribution is 2.39. The van der Waals surface area contributed by atoms with E-state index in [-0.39, 0.29) is 11.4 Å². The molecule has 6 rings (SSSR count). The molecule has 0 aromatic carbocycles. The van der Waals surface area contributed by atoms with E-state index in [1.165, 1.54) is 18.4 Å². The van der Waals surface area contributed by atoms with E-state index >= 15 is 0 Å². The largest absolute Gasteiger partial charge is 0.493 e. The summed E-state index contributed by atoms with van der Waals surface area (Å²) in [7, 11) is 1.53. The highest BCUT2D eigenvalue weighted by Gasteiger charge is 2.48. The molecule has 2 fully saturated rings. The third kappa shape index (κ3) is 4.05. The van der Waals surface area contributed by atoms with Gasteiger partial charge >= 0.3 is 0 Å². The fraction of sp³-hybridized carbons (Fsp3) is 0.400. The van der Waals surface area contributed by atoms with Crippen molar-refractivity contribution in [3.8, 4) is 23.1 Å². The predicted octanol–water partition coefficient (Wildman–Crippen LogP) is 3.77. The highest BCUT2D eigenvalue weighted by atomic mass is 35.5. The molecule has 12 heteroatoms. The first-order valence-corrected chi connectivity index (χ1v) is 13.3. The van der Waals surface area contributed by atoms with Gasteiger partial charge in [0.25, 0.3) is 5.91 Å². The third-order valence-electron chi connectivity index (χ3n) is 7.50. The van der Waals surface area contributed by atoms with Crippen molar-refractivity contribution in [2.45, 2.75) is 30.8 Å². The third-order valence-corrected chi connectivity index (χ3v) is 8.69. The predicted molar refractivity (Wildman–Crippen MR) is 140 cm³/mol. The van der Waals surface area contributed by atoms with Gasteiger partial charge in [-0.2, -0.15) is 10.4 Å². The lowest BCUT2D eigenvalue weighted by Gasteiger charge is -2.53. The lowest BCUT2D eigenvalue weighted by molar-refractivity contribution is -0.0412. The molecule has 2 saturated heterocycles. The molecule has 1 amide bonds. The van der Waals surface area contributed by atoms with Crippen LogP contribution in [-0.4, -0.2) is 79.8 Å². The number of hydrogen-bond acceptors (Lipinski definition) is 8. The Morgan fingerprint density at radius 2 is 2.16 bits per heavy atom. The van der Waals surface area contributed by atoms with E-state index in [2.05, 4.69) is 31.0 Å². The highest BCUT2D eigenvalue weighted by molar-refractivity contribution is 7.15. The summed E-state index contributed by atoms with van der Waals surface area (Å²) < 4.78 is 7.76. The van der Waals surface area contributed by atoms with E-state index in [1.54, 1.807) is 11.7 Å². The van der Waals surface area contributed by atoms with Crippen LogP contribution < -0.4 is 4.74 Å². The van der Waals surface area contributed by atoms with Crippen LogP contribution in [0.5, 0.6) is 5.75 Å². The monoisotopic (exact) mass is 536 g/mol. The van der Waals surface area contributed by atoms with Crippen LogP contribution in [0.25, 0.3) is 22.3 Å². The summed E-state index contributed by atoms with van der Waals surface area (Å²) in [5.41, 5.74) is 2.66. The van der Waals surface area contributed by atoms with Crippen LogP contribution in [0.1, 0.15) is 29.6 Å². The molecule has 10 nitrogen and oxygen atoms in total. The summed E-state index contributed by atoms with van der Waals surface area (Å²) in [5, 5.41) is 17.0. The molecule has 37 heavy (non-hydrogen) atoms. The molecule has 2 aliphatic rings. The molecule has 0 unspecified atom stereocenters. The first-order chi connectivity index (χ1) is 18.0. The zero-order chi connectivity index (χ0) is 25.6. The lowest BCUT2D eigenvalue weighted by atomic mass is 9.83. The number of aromatic nitrogens is 5. The van der Waals surface area contributed by atoms with Crippen molar-refractivity contribution in [1.82, 2.24) is 34.5 Å². The van der Waals surface area contributed by atoms with Crippen LogP contribution >= 0.6 is 22.9 Å². The average Bonchev–Trinajstić information content (AvgIpc) is 3.65. The Kier molecular flexibility index (Phi) is 6.10. The van der Waals surface area contributed by atoms with Crippen molar-refractivity contribution in [2.75, 3.05) is 33.3 Å². The van der Waals surface area contributed by atoms with Crippen molar-refractivity contribution in [2.24, 2.45) is 0 Å². The zero-order valence-corrected chi connectivity index (χ0v) is 21.8. The summed E-state index contributed by atoms with van der Waals surface area (Å²) in [6.45, 7) is 2.84. The fourth-order valence-electron chi connectivity index (χ4n) is 5.53. The van der Waals surface area contributed by atoms with E-state index in [1.807, 2.05) is 34.2 Å². The number of thiophene rings is 1. The number of methoxy groups -OCH3 is 1. The molecule has 0 radical (unpaired) electrons. The number of carbonyl (C=O) groups excluding carboxylic acids is 1. The van der Waals surface area contributed by atoms with Crippen LogP contribution in [0.3, 0.4) is 0 Å². The number of hydrogen-bond donors (Lipinski definition) is 1. The van der Waals surface area contributed by atoms with E-state index < -0.39 is 0 Å². The van der Waals surface area contributed by atoms with Gasteiger partial charge in [-0.15, -0.1) is 11.3 Å². The maximum Gasteiger partial charge on any atom is 0.258 e. The maximum absolute atomic E-state index is 13.0. The first-order valence-electron chi connectivity index (χ1n) is 12.1. The van der Waals surface area contributed by atoms with Crippen molar-refractivity contribution in [3.63, 3.8) is 0 Å². The molecule has 0 bridgehead atoms. The lowest BCUT2D eigenvalue weighted by Crippen LogP contribution is -2.66. The molecule has 4 aromatic rings. The topological polar surface area (TPSA) is 116 Å². The Hall–Kier alpha value is -3.46. The number of rotatable bonds is 6. The van der Waals surface area contributed by atoms with Crippen LogP contribution in [0.4, 0.5) is 0 Å². The number of amides is 1. The van der Waals surface area contributed by atoms with Crippen LogP contribution in [0.2, 0.25) is 4.34 Å². The summed E-state index contributed by atoms with van der Waals surface area (Å²) in [6.07, 6.45) is 9.33. The van der Waals surface area contributed by atoms with Crippen molar-refractivity contribution in [1.29, 1.82) is 5.26 Å². The van der Waals surface area contributed by atoms with Gasteiger partial charge in [0.2, 0.25) is 0 Å². The zero-order valence-electron chi connectivity index (χ0n) is 20.2. The second-order valence-electron chi connectivity index (χ2n) is 9.58. The van der Waals surface area contributed by atoms with Gasteiger partial charge in [-0.25, -0.2) is 9.97 Å². The van der Waals surface area contributed by atoms with Gasteiger partial charge in [0.05, 0.1) is 37.1 Å². The van der Waals surface area contributed by atoms with Crippen LogP contribution in [0, 0.1) is 11.3 Å². The number of ether oxygens (including phenoxy) is 1. The molecule has 6 heterocycles. The van der Waals surface area contributed by atoms with Gasteiger partial charge < -0.3 is 14.6 Å². The molecule has 0 aliphatic carbocycles. The Balaban J connectivity index is 1.12. The molecule has 190 valence electrons. The number of piperidine rings is 1. The fourth-order valence-corrected chi connectivity index (χ4v) is 6.57. The quantitative estimate of drug-likeness (QED) is 0.398. The number of likely N-dealkylation sites (tertiary alicyclic amines) is 2. The van der Waals surface area contributed by atoms with Gasteiger partial charge in [-0.1, -0.05) is 11.6 Å². The Morgan fingerprint density at radius 1 is 1.35 bits per heavy atom. The van der Waals surface area contributed by atoms with Gasteiger partial charge in [0.15, 0.2) is 5.75 Å². The van der Waals surface area contributed by atoms with E-state index in [0.717, 1.165) is 48.2 Å². The van der Waals surface area contributed by atoms with Crippen molar-refractivity contribution >= 4 is 39.9 Å². The van der Waals surface area contributed by atoms with Gasteiger partial charge in [-0.3, -0.25) is 14.4 Å². The summed E-state index contributed by atoms with van der Waals surface area (Å²) in [4.78, 5) is 29.2. The minimum absolute atomic E-state index is 0.0359. The molecule has 1 N–H and O–H groups in total. The van der Waals surface area contributed by atoms with Gasteiger partial charge in [0.1, 0.15) is 21.8 Å². The normalized spacial score (nSPS) is 18.0. The second-order valence-corrected chi connectivity index (χ2v) is 11.1. The molecule has 0 atom stereocenters. The number of aromatic amines is 1. The number of nitrogens with zero attached hydrogens (tertiary/aromatic N) is 7. The van der Waals surface area contributed by atoms with Crippen LogP contribution in [-0.2, 0) is 5.54 Å². The number of halogens is 1. The first kappa shape index (κ1) is 23.9. The van der Waals surface area contributed by atoms with E-state index in [4.69, 9.17) is 16.3 Å². The number of fused-ring (bicyclic) bond motifs is 1. The Bertz CT molecular complexity index is 1490. The van der Waals surface area contributed by atoms with E-state index in [9.17, 15) is 10.1 Å². The minimum atomic E-state index is -0.370. The van der Waals surface area contributed by atoms with Crippen molar-refractivity contribution in [3.05, 3.63) is 46.3 Å². The number of H-pyrrole nitrogens is 1. The minimum Gasteiger partial charge on any atom is -0.493 e. The Morgan fingerprint density at radius 3 is 2.92 bits per heavy atom. The average molecular weight is 537 g/mol. The number of nitrogens with one attached hydrogen (secondary N) is 1.